The second-order valence-electron chi connectivity index (χ2n) is 5.36. The van der Waals surface area contributed by atoms with Crippen LogP contribution in [-0.2, 0) is 9.63 Å². The Labute approximate surface area is 141 Å². The molecule has 0 saturated heterocycles. The maximum atomic E-state index is 13.8. The molecule has 0 fully saturated rings. The van der Waals surface area contributed by atoms with Gasteiger partial charge >= 0.3 is 0 Å². The molecule has 0 spiro atoms. The van der Waals surface area contributed by atoms with Crippen molar-refractivity contribution >= 4 is 23.2 Å². The molecule has 1 aliphatic heterocycles. The molecule has 3 rings (SSSR count). The first-order valence-electron chi connectivity index (χ1n) is 7.33. The molecule has 8 heteroatoms. The van der Waals surface area contributed by atoms with Crippen LogP contribution >= 0.6 is 0 Å². The summed E-state index contributed by atoms with van der Waals surface area (Å²) in [6.45, 7) is 0. The van der Waals surface area contributed by atoms with E-state index in [-0.39, 0.29) is 28.9 Å². The van der Waals surface area contributed by atoms with Crippen LogP contribution in [0.3, 0.4) is 0 Å². The molecule has 1 atom stereocenters. The minimum absolute atomic E-state index is 0.0368. The van der Waals surface area contributed by atoms with Crippen molar-refractivity contribution in [3.63, 3.8) is 0 Å². The number of para-hydroxylation sites is 1. The van der Waals surface area contributed by atoms with Gasteiger partial charge in [0.25, 0.3) is 11.8 Å². The minimum atomic E-state index is -1.03. The first kappa shape index (κ1) is 16.6. The quantitative estimate of drug-likeness (QED) is 0.889. The second kappa shape index (κ2) is 6.68. The third-order valence-electron chi connectivity index (χ3n) is 3.65. The van der Waals surface area contributed by atoms with E-state index in [0.29, 0.717) is 0 Å². The van der Waals surface area contributed by atoms with E-state index < -0.39 is 29.6 Å². The number of hydrogen-bond acceptors (Lipinski definition) is 4. The molecule has 2 amide bonds. The minimum Gasteiger partial charge on any atom is -0.382 e. The molecule has 0 aliphatic carbocycles. The zero-order chi connectivity index (χ0) is 18.0. The van der Waals surface area contributed by atoms with Gasteiger partial charge in [0.2, 0.25) is 6.10 Å². The Morgan fingerprint density at radius 3 is 2.72 bits per heavy atom. The van der Waals surface area contributed by atoms with E-state index in [1.807, 2.05) is 0 Å². The molecular weight excluding hydrogens is 332 g/mol. The number of halogens is 2. The number of nitrogens with one attached hydrogen (secondary N) is 1. The van der Waals surface area contributed by atoms with Gasteiger partial charge in [0.1, 0.15) is 11.6 Å². The summed E-state index contributed by atoms with van der Waals surface area (Å²) in [7, 11) is 0. The highest BCUT2D eigenvalue weighted by Gasteiger charge is 2.30. The molecule has 2 aromatic rings. The van der Waals surface area contributed by atoms with E-state index in [1.165, 1.54) is 12.1 Å². The van der Waals surface area contributed by atoms with Crippen LogP contribution < -0.4 is 11.1 Å². The number of primary amides is 1. The van der Waals surface area contributed by atoms with Crippen LogP contribution in [-0.4, -0.2) is 23.6 Å². The van der Waals surface area contributed by atoms with Gasteiger partial charge in [0, 0.05) is 12.0 Å². The third kappa shape index (κ3) is 3.47. The van der Waals surface area contributed by atoms with Gasteiger partial charge in [0.05, 0.1) is 17.0 Å². The maximum Gasteiger partial charge on any atom is 0.268 e. The smallest absolute Gasteiger partial charge is 0.268 e. The van der Waals surface area contributed by atoms with Crippen molar-refractivity contribution < 1.29 is 23.2 Å². The fourth-order valence-electron chi connectivity index (χ4n) is 2.42. The molecule has 1 aliphatic rings. The van der Waals surface area contributed by atoms with Crippen LogP contribution in [0.15, 0.2) is 47.6 Å². The maximum absolute atomic E-state index is 13.8. The summed E-state index contributed by atoms with van der Waals surface area (Å²) in [5, 5.41) is 6.19. The average Bonchev–Trinajstić information content (AvgIpc) is 3.07. The van der Waals surface area contributed by atoms with E-state index in [4.69, 9.17) is 10.6 Å². The number of carbonyl (C=O) groups is 2. The lowest BCUT2D eigenvalue weighted by Gasteiger charge is -2.11. The van der Waals surface area contributed by atoms with Gasteiger partial charge in [-0.15, -0.1) is 0 Å². The molecule has 1 heterocycles. The molecule has 0 bridgehead atoms. The van der Waals surface area contributed by atoms with E-state index in [0.717, 1.165) is 18.2 Å². The van der Waals surface area contributed by atoms with Crippen LogP contribution in [0.2, 0.25) is 0 Å². The van der Waals surface area contributed by atoms with Crippen molar-refractivity contribution in [3.05, 3.63) is 65.2 Å². The standard InChI is InChI=1S/C17H13F2N3O3/c18-9-5-6-12(19)11(7-9)14-8-15(25-22-14)17(24)21-13-4-2-1-3-10(13)16(20)23/h1-7,15H,8H2,(H2,20,23)(H,21,24)/t15-/m1/s1. The SMILES string of the molecule is NC(=O)c1ccccc1NC(=O)[C@H]1CC(c2cc(F)ccc2F)=NO1. The van der Waals surface area contributed by atoms with Gasteiger partial charge in [-0.2, -0.15) is 0 Å². The normalized spacial score (nSPS) is 16.1. The van der Waals surface area contributed by atoms with Gasteiger partial charge in [-0.3, -0.25) is 9.59 Å². The van der Waals surface area contributed by atoms with Crippen LogP contribution in [0.5, 0.6) is 0 Å². The van der Waals surface area contributed by atoms with Gasteiger partial charge in [-0.25, -0.2) is 8.78 Å². The van der Waals surface area contributed by atoms with E-state index in [9.17, 15) is 18.4 Å². The summed E-state index contributed by atoms with van der Waals surface area (Å²) < 4.78 is 27.1. The summed E-state index contributed by atoms with van der Waals surface area (Å²) >= 11 is 0. The number of oxime groups is 1. The third-order valence-corrected chi connectivity index (χ3v) is 3.65. The lowest BCUT2D eigenvalue weighted by molar-refractivity contribution is -0.125. The van der Waals surface area contributed by atoms with Crippen molar-refractivity contribution in [1.82, 2.24) is 0 Å². The highest BCUT2D eigenvalue weighted by atomic mass is 19.1. The zero-order valence-corrected chi connectivity index (χ0v) is 12.8. The van der Waals surface area contributed by atoms with Crippen molar-refractivity contribution in [3.8, 4) is 0 Å². The molecule has 0 radical (unpaired) electrons. The first-order valence-corrected chi connectivity index (χ1v) is 7.33. The predicted molar refractivity (Wildman–Crippen MR) is 86.0 cm³/mol. The van der Waals surface area contributed by atoms with Crippen molar-refractivity contribution in [1.29, 1.82) is 0 Å². The lowest BCUT2D eigenvalue weighted by Crippen LogP contribution is -2.29. The predicted octanol–water partition coefficient (Wildman–Crippen LogP) is 2.20. The summed E-state index contributed by atoms with van der Waals surface area (Å²) in [4.78, 5) is 28.7. The molecule has 128 valence electrons. The summed E-state index contributed by atoms with van der Waals surface area (Å²) in [6, 6.07) is 9.17. The number of benzene rings is 2. The number of nitrogens with zero attached hydrogens (tertiary/aromatic N) is 1. The Morgan fingerprint density at radius 2 is 1.96 bits per heavy atom. The van der Waals surface area contributed by atoms with Crippen LogP contribution in [0.4, 0.5) is 14.5 Å². The zero-order valence-electron chi connectivity index (χ0n) is 12.8. The van der Waals surface area contributed by atoms with Crippen LogP contribution in [0, 0.1) is 11.6 Å². The van der Waals surface area contributed by atoms with E-state index in [2.05, 4.69) is 10.5 Å². The van der Waals surface area contributed by atoms with Crippen molar-refractivity contribution in [2.75, 3.05) is 5.32 Å². The van der Waals surface area contributed by atoms with Gasteiger partial charge < -0.3 is 15.9 Å². The number of anilines is 1. The van der Waals surface area contributed by atoms with E-state index >= 15 is 0 Å². The fourth-order valence-corrected chi connectivity index (χ4v) is 2.42. The van der Waals surface area contributed by atoms with E-state index in [1.54, 1.807) is 12.1 Å². The molecule has 2 aromatic carbocycles. The van der Waals surface area contributed by atoms with Crippen molar-refractivity contribution in [2.24, 2.45) is 10.9 Å². The molecular formula is C17H13F2N3O3. The fraction of sp³-hybridized carbons (Fsp3) is 0.118. The van der Waals surface area contributed by atoms with Crippen LogP contribution in [0.1, 0.15) is 22.3 Å². The summed E-state index contributed by atoms with van der Waals surface area (Å²) in [5.74, 6) is -2.56. The molecule has 6 nitrogen and oxygen atoms in total. The second-order valence-corrected chi connectivity index (χ2v) is 5.36. The van der Waals surface area contributed by atoms with Crippen LogP contribution in [0.25, 0.3) is 0 Å². The largest absolute Gasteiger partial charge is 0.382 e. The van der Waals surface area contributed by atoms with Gasteiger partial charge in [-0.05, 0) is 30.3 Å². The monoisotopic (exact) mass is 345 g/mol. The number of nitrogens with two attached hydrogens (primary N) is 1. The van der Waals surface area contributed by atoms with Gasteiger partial charge in [0.15, 0.2) is 0 Å². The number of hydrogen-bond donors (Lipinski definition) is 2. The Morgan fingerprint density at radius 1 is 1.20 bits per heavy atom. The Hall–Kier alpha value is -3.29. The highest BCUT2D eigenvalue weighted by molar-refractivity contribution is 6.08. The average molecular weight is 345 g/mol. The number of rotatable bonds is 4. The Bertz CT molecular complexity index is 883. The van der Waals surface area contributed by atoms with Gasteiger partial charge in [-0.1, -0.05) is 17.3 Å². The molecule has 0 aromatic heterocycles. The Kier molecular flexibility index (Phi) is 4.42. The summed E-state index contributed by atoms with van der Waals surface area (Å²) in [5.41, 5.74) is 5.69. The van der Waals surface area contributed by atoms with Crippen molar-refractivity contribution in [2.45, 2.75) is 12.5 Å². The highest BCUT2D eigenvalue weighted by Crippen LogP contribution is 2.22. The lowest BCUT2D eigenvalue weighted by atomic mass is 10.0. The molecule has 0 unspecified atom stereocenters. The molecule has 25 heavy (non-hydrogen) atoms. The first-order chi connectivity index (χ1) is 12.0. The Balaban J connectivity index is 1.72. The number of carbonyl (C=O) groups excluding carboxylic acids is 2. The summed E-state index contributed by atoms with van der Waals surface area (Å²) in [6.07, 6.45) is -1.07. The molecule has 3 N–H and O–H groups in total. The molecule has 0 saturated carbocycles. The number of amides is 2. The topological polar surface area (TPSA) is 93.8 Å².